The molecule has 2 amide bonds. The Bertz CT molecular complexity index is 455. The van der Waals surface area contributed by atoms with E-state index in [-0.39, 0.29) is 6.04 Å². The Hall–Kier alpha value is -1.86. The van der Waals surface area contributed by atoms with Crippen molar-refractivity contribution >= 4 is 11.8 Å². The highest BCUT2D eigenvalue weighted by molar-refractivity contribution is 6.35. The van der Waals surface area contributed by atoms with Gasteiger partial charge in [0.1, 0.15) is 5.76 Å². The van der Waals surface area contributed by atoms with E-state index < -0.39 is 11.8 Å². The summed E-state index contributed by atoms with van der Waals surface area (Å²) in [6.45, 7) is 5.36. The quantitative estimate of drug-likeness (QED) is 0.742. The summed E-state index contributed by atoms with van der Waals surface area (Å²) in [5.41, 5.74) is 0. The molecule has 0 spiro atoms. The Kier molecular flexibility index (Phi) is 5.77. The lowest BCUT2D eigenvalue weighted by Gasteiger charge is -2.33. The molecule has 1 aromatic heterocycles. The zero-order valence-corrected chi connectivity index (χ0v) is 12.1. The summed E-state index contributed by atoms with van der Waals surface area (Å²) >= 11 is 0. The number of likely N-dealkylation sites (N-methyl/N-ethyl adjacent to an activating group) is 1. The molecule has 1 saturated heterocycles. The molecule has 1 fully saturated rings. The molecule has 1 atom stereocenters. The van der Waals surface area contributed by atoms with Crippen LogP contribution in [0.25, 0.3) is 0 Å². The predicted molar refractivity (Wildman–Crippen MR) is 75.5 cm³/mol. The van der Waals surface area contributed by atoms with Crippen LogP contribution in [0.2, 0.25) is 0 Å². The van der Waals surface area contributed by atoms with Crippen LogP contribution in [0.15, 0.2) is 22.8 Å². The Morgan fingerprint density at radius 2 is 2.00 bits per heavy atom. The topological polar surface area (TPSA) is 83.8 Å². The van der Waals surface area contributed by atoms with E-state index in [4.69, 9.17) is 9.15 Å². The summed E-state index contributed by atoms with van der Waals surface area (Å²) in [7, 11) is 0. The molecule has 0 saturated carbocycles. The molecular formula is C14H21N3O4. The summed E-state index contributed by atoms with van der Waals surface area (Å²) in [5, 5.41) is 5.13. The lowest BCUT2D eigenvalue weighted by molar-refractivity contribution is -0.139. The zero-order chi connectivity index (χ0) is 15.1. The van der Waals surface area contributed by atoms with Crippen LogP contribution in [0.4, 0.5) is 0 Å². The minimum atomic E-state index is -0.623. The molecule has 21 heavy (non-hydrogen) atoms. The lowest BCUT2D eigenvalue weighted by Crippen LogP contribution is -2.46. The van der Waals surface area contributed by atoms with Crippen LogP contribution in [0.3, 0.4) is 0 Å². The SMILES string of the molecule is CCNC(=O)C(=O)NCC(c1ccco1)N1CCOCC1. The van der Waals surface area contributed by atoms with Crippen molar-refractivity contribution in [2.24, 2.45) is 0 Å². The van der Waals surface area contributed by atoms with Crippen LogP contribution >= 0.6 is 0 Å². The molecule has 2 N–H and O–H groups in total. The van der Waals surface area contributed by atoms with Gasteiger partial charge in [-0.15, -0.1) is 0 Å². The van der Waals surface area contributed by atoms with Gasteiger partial charge in [-0.3, -0.25) is 14.5 Å². The normalized spacial score (nSPS) is 17.2. The van der Waals surface area contributed by atoms with Gasteiger partial charge in [-0.05, 0) is 19.1 Å². The molecule has 1 unspecified atom stereocenters. The molecule has 7 nitrogen and oxygen atoms in total. The van der Waals surface area contributed by atoms with E-state index in [0.29, 0.717) is 26.3 Å². The third kappa shape index (κ3) is 4.30. The first-order chi connectivity index (χ1) is 10.2. The summed E-state index contributed by atoms with van der Waals surface area (Å²) in [4.78, 5) is 25.3. The minimum absolute atomic E-state index is 0.0951. The zero-order valence-electron chi connectivity index (χ0n) is 12.1. The van der Waals surface area contributed by atoms with E-state index in [2.05, 4.69) is 15.5 Å². The molecule has 1 aliphatic heterocycles. The first-order valence-electron chi connectivity index (χ1n) is 7.13. The van der Waals surface area contributed by atoms with Gasteiger partial charge in [-0.1, -0.05) is 0 Å². The van der Waals surface area contributed by atoms with Crippen molar-refractivity contribution in [3.63, 3.8) is 0 Å². The van der Waals surface area contributed by atoms with Gasteiger partial charge in [0.2, 0.25) is 0 Å². The second-order valence-electron chi connectivity index (χ2n) is 4.75. The number of nitrogens with one attached hydrogen (secondary N) is 2. The predicted octanol–water partition coefficient (Wildman–Crippen LogP) is -0.0948. The van der Waals surface area contributed by atoms with E-state index in [0.717, 1.165) is 18.8 Å². The van der Waals surface area contributed by atoms with Gasteiger partial charge in [0, 0.05) is 26.2 Å². The van der Waals surface area contributed by atoms with Crippen molar-refractivity contribution in [1.29, 1.82) is 0 Å². The molecule has 2 rings (SSSR count). The summed E-state index contributed by atoms with van der Waals surface area (Å²) in [6, 6.07) is 3.59. The number of amides is 2. The van der Waals surface area contributed by atoms with E-state index in [1.807, 2.05) is 12.1 Å². The van der Waals surface area contributed by atoms with Gasteiger partial charge in [0.15, 0.2) is 0 Å². The summed E-state index contributed by atoms with van der Waals surface area (Å²) in [6.07, 6.45) is 1.61. The van der Waals surface area contributed by atoms with E-state index in [9.17, 15) is 9.59 Å². The standard InChI is InChI=1S/C14H21N3O4/c1-2-15-13(18)14(19)16-10-11(12-4-3-7-21-12)17-5-8-20-9-6-17/h3-4,7,11H,2,5-6,8-10H2,1H3,(H,15,18)(H,16,19). The average Bonchev–Trinajstić information content (AvgIpc) is 3.03. The fourth-order valence-corrected chi connectivity index (χ4v) is 2.29. The Labute approximate surface area is 123 Å². The monoisotopic (exact) mass is 295 g/mol. The van der Waals surface area contributed by atoms with Crippen molar-refractivity contribution in [1.82, 2.24) is 15.5 Å². The number of ether oxygens (including phenoxy) is 1. The van der Waals surface area contributed by atoms with E-state index in [1.54, 1.807) is 13.2 Å². The maximum Gasteiger partial charge on any atom is 0.309 e. The van der Waals surface area contributed by atoms with Crippen LogP contribution in [0, 0.1) is 0 Å². The fraction of sp³-hybridized carbons (Fsp3) is 0.571. The van der Waals surface area contributed by atoms with Crippen molar-refractivity contribution in [2.75, 3.05) is 39.4 Å². The minimum Gasteiger partial charge on any atom is -0.468 e. The maximum absolute atomic E-state index is 11.7. The second-order valence-corrected chi connectivity index (χ2v) is 4.75. The van der Waals surface area contributed by atoms with E-state index in [1.165, 1.54) is 0 Å². The van der Waals surface area contributed by atoms with Gasteiger partial charge < -0.3 is 19.8 Å². The molecule has 7 heteroatoms. The highest BCUT2D eigenvalue weighted by Gasteiger charge is 2.26. The highest BCUT2D eigenvalue weighted by atomic mass is 16.5. The Morgan fingerprint density at radius 1 is 1.29 bits per heavy atom. The average molecular weight is 295 g/mol. The number of nitrogens with zero attached hydrogens (tertiary/aromatic N) is 1. The van der Waals surface area contributed by atoms with E-state index >= 15 is 0 Å². The fourth-order valence-electron chi connectivity index (χ4n) is 2.29. The maximum atomic E-state index is 11.7. The largest absolute Gasteiger partial charge is 0.468 e. The molecule has 0 radical (unpaired) electrons. The molecule has 0 aromatic carbocycles. The number of carbonyl (C=O) groups is 2. The third-order valence-corrected chi connectivity index (χ3v) is 3.36. The molecule has 0 bridgehead atoms. The van der Waals surface area contributed by atoms with Crippen LogP contribution in [0.1, 0.15) is 18.7 Å². The number of morpholine rings is 1. The number of hydrogen-bond acceptors (Lipinski definition) is 5. The summed E-state index contributed by atoms with van der Waals surface area (Å²) in [5.74, 6) is -0.465. The van der Waals surface area contributed by atoms with Gasteiger partial charge in [-0.25, -0.2) is 0 Å². The van der Waals surface area contributed by atoms with Crippen molar-refractivity contribution in [3.8, 4) is 0 Å². The molecular weight excluding hydrogens is 274 g/mol. The van der Waals surface area contributed by atoms with Crippen LogP contribution in [-0.4, -0.2) is 56.1 Å². The van der Waals surface area contributed by atoms with Gasteiger partial charge in [-0.2, -0.15) is 0 Å². The molecule has 1 aliphatic rings. The second kappa shape index (κ2) is 7.80. The number of hydrogen-bond donors (Lipinski definition) is 2. The van der Waals surface area contributed by atoms with Crippen LogP contribution < -0.4 is 10.6 Å². The molecule has 0 aliphatic carbocycles. The first kappa shape index (κ1) is 15.5. The van der Waals surface area contributed by atoms with Gasteiger partial charge in [0.25, 0.3) is 0 Å². The number of carbonyl (C=O) groups excluding carboxylic acids is 2. The summed E-state index contributed by atoms with van der Waals surface area (Å²) < 4.78 is 10.8. The number of furan rings is 1. The van der Waals surface area contributed by atoms with Crippen molar-refractivity contribution < 1.29 is 18.7 Å². The lowest BCUT2D eigenvalue weighted by atomic mass is 10.1. The Balaban J connectivity index is 1.96. The number of rotatable bonds is 5. The van der Waals surface area contributed by atoms with Crippen LogP contribution in [-0.2, 0) is 14.3 Å². The van der Waals surface area contributed by atoms with Crippen molar-refractivity contribution in [2.45, 2.75) is 13.0 Å². The molecule has 2 heterocycles. The molecule has 116 valence electrons. The Morgan fingerprint density at radius 3 is 2.62 bits per heavy atom. The van der Waals surface area contributed by atoms with Crippen molar-refractivity contribution in [3.05, 3.63) is 24.2 Å². The smallest absolute Gasteiger partial charge is 0.309 e. The van der Waals surface area contributed by atoms with Gasteiger partial charge in [0.05, 0.1) is 25.5 Å². The molecule has 1 aromatic rings. The van der Waals surface area contributed by atoms with Crippen LogP contribution in [0.5, 0.6) is 0 Å². The third-order valence-electron chi connectivity index (χ3n) is 3.36. The highest BCUT2D eigenvalue weighted by Crippen LogP contribution is 2.21. The first-order valence-corrected chi connectivity index (χ1v) is 7.13. The van der Waals surface area contributed by atoms with Gasteiger partial charge >= 0.3 is 11.8 Å².